The van der Waals surface area contributed by atoms with Gasteiger partial charge in [0.2, 0.25) is 5.91 Å². The summed E-state index contributed by atoms with van der Waals surface area (Å²) in [4.78, 5) is 16.5. The van der Waals surface area contributed by atoms with Crippen molar-refractivity contribution < 1.29 is 19.1 Å². The van der Waals surface area contributed by atoms with Crippen molar-refractivity contribution in [2.24, 2.45) is 0 Å². The van der Waals surface area contributed by atoms with Gasteiger partial charge in [0.25, 0.3) is 0 Å². The number of aromatic nitrogens is 1. The van der Waals surface area contributed by atoms with Crippen LogP contribution in [0.3, 0.4) is 0 Å². The van der Waals surface area contributed by atoms with E-state index < -0.39 is 6.10 Å². The normalized spacial score (nSPS) is 12.0. The first-order valence-electron chi connectivity index (χ1n) is 8.15. The number of aryl methyl sites for hydroxylation is 1. The van der Waals surface area contributed by atoms with E-state index in [9.17, 15) is 9.90 Å². The molecular formula is C19H20N2O4S. The highest BCUT2D eigenvalue weighted by Crippen LogP contribution is 2.25. The monoisotopic (exact) mass is 372 g/mol. The van der Waals surface area contributed by atoms with E-state index in [1.54, 1.807) is 31.4 Å². The number of methoxy groups -OCH3 is 1. The summed E-state index contributed by atoms with van der Waals surface area (Å²) in [5.74, 6) is 2.05. The van der Waals surface area contributed by atoms with E-state index in [1.807, 2.05) is 24.4 Å². The third kappa shape index (κ3) is 4.50. The Morgan fingerprint density at radius 1 is 1.31 bits per heavy atom. The fourth-order valence-electron chi connectivity index (χ4n) is 2.43. The number of ether oxygens (including phenoxy) is 1. The van der Waals surface area contributed by atoms with E-state index in [0.717, 1.165) is 22.1 Å². The van der Waals surface area contributed by atoms with Crippen molar-refractivity contribution in [1.82, 2.24) is 10.3 Å². The fraction of sp³-hybridized carbons (Fsp3) is 0.263. The maximum absolute atomic E-state index is 12.1. The zero-order chi connectivity index (χ0) is 18.5. The molecule has 1 unspecified atom stereocenters. The second kappa shape index (κ2) is 8.16. The maximum Gasteiger partial charge on any atom is 0.226 e. The molecule has 0 radical (unpaired) electrons. The molecule has 2 aromatic heterocycles. The van der Waals surface area contributed by atoms with Crippen LogP contribution >= 0.6 is 11.3 Å². The second-order valence-corrected chi connectivity index (χ2v) is 6.68. The molecule has 1 amide bonds. The number of furan rings is 1. The Morgan fingerprint density at radius 3 is 2.73 bits per heavy atom. The minimum Gasteiger partial charge on any atom is -0.497 e. The van der Waals surface area contributed by atoms with Crippen LogP contribution in [0.5, 0.6) is 5.75 Å². The van der Waals surface area contributed by atoms with Gasteiger partial charge in [0, 0.05) is 11.9 Å². The number of nitrogens with one attached hydrogen (secondary N) is 1. The molecule has 1 aromatic carbocycles. The molecule has 1 atom stereocenters. The zero-order valence-corrected chi connectivity index (χ0v) is 15.4. The van der Waals surface area contributed by atoms with Crippen LogP contribution in [0.15, 0.2) is 46.2 Å². The lowest BCUT2D eigenvalue weighted by molar-refractivity contribution is -0.120. The van der Waals surface area contributed by atoms with Crippen molar-refractivity contribution in [3.05, 3.63) is 58.8 Å². The van der Waals surface area contributed by atoms with E-state index in [0.29, 0.717) is 11.5 Å². The number of carbonyl (C=O) groups is 1. The molecule has 26 heavy (non-hydrogen) atoms. The van der Waals surface area contributed by atoms with Gasteiger partial charge in [-0.25, -0.2) is 4.98 Å². The lowest BCUT2D eigenvalue weighted by atomic mass is 10.1. The number of aliphatic hydroxyl groups is 1. The highest BCUT2D eigenvalue weighted by Gasteiger charge is 2.13. The summed E-state index contributed by atoms with van der Waals surface area (Å²) in [5, 5.41) is 15.5. The van der Waals surface area contributed by atoms with E-state index >= 15 is 0 Å². The highest BCUT2D eigenvalue weighted by atomic mass is 32.1. The quantitative estimate of drug-likeness (QED) is 0.666. The largest absolute Gasteiger partial charge is 0.497 e. The van der Waals surface area contributed by atoms with Crippen molar-refractivity contribution in [3.8, 4) is 16.5 Å². The SMILES string of the molecule is COc1ccc(C(O)CNC(=O)Cc2csc(-c3ccc(C)o3)n2)cc1. The number of thiazole rings is 1. The van der Waals surface area contributed by atoms with Crippen LogP contribution in [0.1, 0.15) is 23.1 Å². The summed E-state index contributed by atoms with van der Waals surface area (Å²) in [7, 11) is 1.59. The molecule has 0 saturated heterocycles. The van der Waals surface area contributed by atoms with Crippen LogP contribution in [0, 0.1) is 6.92 Å². The molecule has 136 valence electrons. The van der Waals surface area contributed by atoms with Crippen LogP contribution in [0.25, 0.3) is 10.8 Å². The molecule has 3 rings (SSSR count). The molecule has 0 aliphatic carbocycles. The average Bonchev–Trinajstić information content (AvgIpc) is 3.28. The number of aliphatic hydroxyl groups excluding tert-OH is 1. The Hall–Kier alpha value is -2.64. The molecule has 0 saturated carbocycles. The van der Waals surface area contributed by atoms with Crippen molar-refractivity contribution in [2.75, 3.05) is 13.7 Å². The van der Waals surface area contributed by atoms with Gasteiger partial charge < -0.3 is 19.6 Å². The predicted molar refractivity (Wildman–Crippen MR) is 99.2 cm³/mol. The first kappa shape index (κ1) is 18.2. The number of amides is 1. The lowest BCUT2D eigenvalue weighted by Crippen LogP contribution is -2.29. The third-order valence-electron chi connectivity index (χ3n) is 3.84. The highest BCUT2D eigenvalue weighted by molar-refractivity contribution is 7.13. The average molecular weight is 372 g/mol. The topological polar surface area (TPSA) is 84.6 Å². The summed E-state index contributed by atoms with van der Waals surface area (Å²) >= 11 is 1.44. The molecule has 2 heterocycles. The molecule has 2 N–H and O–H groups in total. The van der Waals surface area contributed by atoms with Crippen molar-refractivity contribution in [1.29, 1.82) is 0 Å². The van der Waals surface area contributed by atoms with Gasteiger partial charge in [-0.15, -0.1) is 11.3 Å². The number of benzene rings is 1. The number of carbonyl (C=O) groups excluding carboxylic acids is 1. The second-order valence-electron chi connectivity index (χ2n) is 5.82. The Balaban J connectivity index is 1.51. The summed E-state index contributed by atoms with van der Waals surface area (Å²) in [6.07, 6.45) is -0.618. The van der Waals surface area contributed by atoms with Crippen LogP contribution in [0.2, 0.25) is 0 Å². The van der Waals surface area contributed by atoms with E-state index in [1.165, 1.54) is 11.3 Å². The van der Waals surface area contributed by atoms with Gasteiger partial charge in [-0.1, -0.05) is 12.1 Å². The summed E-state index contributed by atoms with van der Waals surface area (Å²) in [6.45, 7) is 2.01. The van der Waals surface area contributed by atoms with Gasteiger partial charge in [0.15, 0.2) is 10.8 Å². The van der Waals surface area contributed by atoms with Gasteiger partial charge in [-0.3, -0.25) is 4.79 Å². The maximum atomic E-state index is 12.1. The van der Waals surface area contributed by atoms with Crippen molar-refractivity contribution in [3.63, 3.8) is 0 Å². The Bertz CT molecular complexity index is 870. The smallest absolute Gasteiger partial charge is 0.226 e. The van der Waals surface area contributed by atoms with Gasteiger partial charge in [-0.2, -0.15) is 0 Å². The molecular weight excluding hydrogens is 352 g/mol. The number of hydrogen-bond donors (Lipinski definition) is 2. The number of hydrogen-bond acceptors (Lipinski definition) is 6. The zero-order valence-electron chi connectivity index (χ0n) is 14.6. The number of rotatable bonds is 7. The van der Waals surface area contributed by atoms with Gasteiger partial charge in [0.1, 0.15) is 11.5 Å². The van der Waals surface area contributed by atoms with Gasteiger partial charge in [-0.05, 0) is 36.8 Å². The van der Waals surface area contributed by atoms with Crippen LogP contribution in [-0.2, 0) is 11.2 Å². The van der Waals surface area contributed by atoms with Crippen molar-refractivity contribution in [2.45, 2.75) is 19.4 Å². The van der Waals surface area contributed by atoms with Gasteiger partial charge in [0.05, 0.1) is 25.3 Å². The minimum absolute atomic E-state index is 0.138. The van der Waals surface area contributed by atoms with E-state index in [-0.39, 0.29) is 18.9 Å². The molecule has 0 aliphatic heterocycles. The predicted octanol–water partition coefficient (Wildman–Crippen LogP) is 3.11. The molecule has 0 aliphatic rings. The third-order valence-corrected chi connectivity index (χ3v) is 4.74. The molecule has 0 fully saturated rings. The summed E-state index contributed by atoms with van der Waals surface area (Å²) in [5.41, 5.74) is 1.39. The van der Waals surface area contributed by atoms with Crippen LogP contribution < -0.4 is 10.1 Å². The van der Waals surface area contributed by atoms with Gasteiger partial charge >= 0.3 is 0 Å². The molecule has 6 nitrogen and oxygen atoms in total. The molecule has 7 heteroatoms. The Labute approximate surface area is 155 Å². The summed E-state index contributed by atoms with van der Waals surface area (Å²) in [6, 6.07) is 10.8. The molecule has 0 spiro atoms. The first-order valence-corrected chi connectivity index (χ1v) is 9.03. The molecule has 0 bridgehead atoms. The molecule has 3 aromatic rings. The Morgan fingerprint density at radius 2 is 2.08 bits per heavy atom. The number of nitrogens with zero attached hydrogens (tertiary/aromatic N) is 1. The lowest BCUT2D eigenvalue weighted by Gasteiger charge is -2.12. The standard InChI is InChI=1S/C19H20N2O4S/c1-12-3-8-17(25-12)19-21-14(11-26-19)9-18(23)20-10-16(22)13-4-6-15(24-2)7-5-13/h3-8,11,16,22H,9-10H2,1-2H3,(H,20,23). The van der Waals surface area contributed by atoms with Crippen molar-refractivity contribution >= 4 is 17.2 Å². The van der Waals surface area contributed by atoms with Crippen LogP contribution in [0.4, 0.5) is 0 Å². The fourth-order valence-corrected chi connectivity index (χ4v) is 3.21. The summed E-state index contributed by atoms with van der Waals surface area (Å²) < 4.78 is 10.6. The Kier molecular flexibility index (Phi) is 5.70. The van der Waals surface area contributed by atoms with E-state index in [4.69, 9.17) is 9.15 Å². The van der Waals surface area contributed by atoms with Crippen LogP contribution in [-0.4, -0.2) is 29.7 Å². The van der Waals surface area contributed by atoms with E-state index in [2.05, 4.69) is 10.3 Å². The minimum atomic E-state index is -0.776. The first-order chi connectivity index (χ1) is 12.5.